The van der Waals surface area contributed by atoms with E-state index in [-0.39, 0.29) is 51.0 Å². The molecule has 0 spiro atoms. The minimum absolute atomic E-state index is 0. The molecule has 2 N–H and O–H groups in total. The summed E-state index contributed by atoms with van der Waals surface area (Å²) in [7, 11) is 8.00. The summed E-state index contributed by atoms with van der Waals surface area (Å²) in [4.78, 5) is 29.0. The molecule has 0 amide bonds. The average Bonchev–Trinajstić information content (AvgIpc) is 3.13. The Morgan fingerprint density at radius 2 is 0.706 bits per heavy atom. The van der Waals surface area contributed by atoms with Crippen molar-refractivity contribution < 1.29 is 58.2 Å². The number of Topliss-reactive ketones (excluding diaryl/α,β-unsaturated/α-hetero) is 2. The van der Waals surface area contributed by atoms with E-state index >= 15 is 0 Å². The number of pyridine rings is 2. The summed E-state index contributed by atoms with van der Waals surface area (Å²) in [5.74, 6) is 0.217. The van der Waals surface area contributed by atoms with Crippen LogP contribution in [0.1, 0.15) is 20.7 Å². The monoisotopic (exact) mass is 810 g/mol. The summed E-state index contributed by atoms with van der Waals surface area (Å²) in [6.45, 7) is 0.691. The van der Waals surface area contributed by atoms with Crippen molar-refractivity contribution in [2.24, 2.45) is 0 Å². The Labute approximate surface area is 322 Å². The number of hydrogen-bond acceptors (Lipinski definition) is 4. The summed E-state index contributed by atoms with van der Waals surface area (Å²) in [6.07, 6.45) is 7.74. The fraction of sp³-hybridized carbons (Fsp3) is 0.143. The van der Waals surface area contributed by atoms with Crippen LogP contribution >= 0.6 is 0 Å². The molecule has 9 heteroatoms. The fourth-order valence-corrected chi connectivity index (χ4v) is 5.18. The maximum Gasteiger partial charge on any atom is 0.227 e. The molecule has 0 saturated carbocycles. The highest BCUT2D eigenvalue weighted by atomic mass is 79.9. The predicted molar refractivity (Wildman–Crippen MR) is 198 cm³/mol. The third kappa shape index (κ3) is 12.1. The van der Waals surface area contributed by atoms with Crippen molar-refractivity contribution in [3.05, 3.63) is 169 Å². The molecule has 0 radical (unpaired) electrons. The topological polar surface area (TPSA) is 79.9 Å². The molecule has 0 unspecified atom stereocenters. The van der Waals surface area contributed by atoms with Gasteiger partial charge in [0, 0.05) is 75.0 Å². The Hall–Kier alpha value is -4.96. The van der Waals surface area contributed by atoms with Crippen LogP contribution in [0.15, 0.2) is 158 Å². The van der Waals surface area contributed by atoms with Crippen molar-refractivity contribution in [3.8, 4) is 22.3 Å². The average molecular weight is 813 g/mol. The van der Waals surface area contributed by atoms with Gasteiger partial charge in [0.25, 0.3) is 0 Å². The number of anilines is 2. The van der Waals surface area contributed by atoms with E-state index in [9.17, 15) is 9.59 Å². The molecule has 0 aliphatic carbocycles. The molecule has 264 valence electrons. The molecule has 4 aromatic carbocycles. The molecular formula is C42H44Br2N4O3. The summed E-state index contributed by atoms with van der Waals surface area (Å²) >= 11 is 0. The van der Waals surface area contributed by atoms with E-state index < -0.39 is 0 Å². The molecule has 0 bridgehead atoms. The standard InChI is InChI=1S/2C21H21N2O.2BrH.H2O/c2*1-22(2)20-12-14-23(15-13-20)16-21(24)19-10-8-18(9-11-19)17-6-4-3-5-7-17;;;/h2*3-15H,16H2,1-2H3;2*1H;1H2/q2*+1;;;/p-2. The maximum atomic E-state index is 12.4. The van der Waals surface area contributed by atoms with Gasteiger partial charge in [-0.2, -0.15) is 9.13 Å². The van der Waals surface area contributed by atoms with E-state index in [1.54, 1.807) is 0 Å². The Bertz CT molecular complexity index is 1770. The highest BCUT2D eigenvalue weighted by Crippen LogP contribution is 2.20. The van der Waals surface area contributed by atoms with Crippen molar-refractivity contribution in [2.75, 3.05) is 38.0 Å². The van der Waals surface area contributed by atoms with Crippen LogP contribution in [-0.4, -0.2) is 45.2 Å². The second kappa shape index (κ2) is 20.7. The molecule has 0 atom stereocenters. The normalized spacial score (nSPS) is 9.80. The first kappa shape index (κ1) is 42.2. The molecule has 0 saturated heterocycles. The van der Waals surface area contributed by atoms with Crippen molar-refractivity contribution >= 4 is 22.9 Å². The van der Waals surface area contributed by atoms with Crippen LogP contribution in [0.5, 0.6) is 0 Å². The van der Waals surface area contributed by atoms with Gasteiger partial charge in [0.2, 0.25) is 24.7 Å². The lowest BCUT2D eigenvalue weighted by Crippen LogP contribution is -3.00. The number of ketones is 2. The van der Waals surface area contributed by atoms with E-state index in [1.165, 1.54) is 0 Å². The minimum Gasteiger partial charge on any atom is -1.00 e. The number of halogens is 2. The lowest BCUT2D eigenvalue weighted by Gasteiger charge is -2.10. The van der Waals surface area contributed by atoms with Crippen LogP contribution in [0.4, 0.5) is 11.4 Å². The molecule has 6 aromatic rings. The van der Waals surface area contributed by atoms with Crippen molar-refractivity contribution in [3.63, 3.8) is 0 Å². The highest BCUT2D eigenvalue weighted by molar-refractivity contribution is 5.96. The first-order valence-corrected chi connectivity index (χ1v) is 16.0. The van der Waals surface area contributed by atoms with Crippen molar-refractivity contribution in [2.45, 2.75) is 13.1 Å². The van der Waals surface area contributed by atoms with Crippen molar-refractivity contribution in [1.82, 2.24) is 0 Å². The van der Waals surface area contributed by atoms with Crippen LogP contribution in [0, 0.1) is 0 Å². The second-order valence-corrected chi connectivity index (χ2v) is 12.0. The maximum absolute atomic E-state index is 12.4. The number of rotatable bonds is 10. The number of carbonyl (C=O) groups excluding carboxylic acids is 2. The molecule has 0 fully saturated rings. The Balaban J connectivity index is 0.000000334. The quantitative estimate of drug-likeness (QED) is 0.148. The molecule has 0 aliphatic heterocycles. The Kier molecular flexibility index (Phi) is 17.1. The molecule has 6 rings (SSSR count). The van der Waals surface area contributed by atoms with Gasteiger partial charge in [-0.15, -0.1) is 0 Å². The van der Waals surface area contributed by atoms with Gasteiger partial charge >= 0.3 is 0 Å². The third-order valence-electron chi connectivity index (χ3n) is 8.06. The van der Waals surface area contributed by atoms with E-state index in [1.807, 2.05) is 181 Å². The third-order valence-corrected chi connectivity index (χ3v) is 8.06. The first-order valence-electron chi connectivity index (χ1n) is 16.0. The molecule has 0 aliphatic rings. The van der Waals surface area contributed by atoms with Gasteiger partial charge in [-0.1, -0.05) is 109 Å². The van der Waals surface area contributed by atoms with Crippen LogP contribution in [0.2, 0.25) is 0 Å². The predicted octanol–water partition coefficient (Wildman–Crippen LogP) is 0.363. The molecule has 2 heterocycles. The zero-order valence-corrected chi connectivity index (χ0v) is 32.5. The van der Waals surface area contributed by atoms with Crippen LogP contribution < -0.4 is 52.9 Å². The van der Waals surface area contributed by atoms with E-state index in [0.29, 0.717) is 13.1 Å². The SMILES string of the molecule is CN(C)c1cc[n+](CC(=O)c2ccc(-c3ccccc3)cc2)cc1.CN(C)c1cc[n+](CC(=O)c2ccc(-c3ccccc3)cc2)cc1.O.[Br-].[Br-]. The lowest BCUT2D eigenvalue weighted by molar-refractivity contribution is -0.683. The van der Waals surface area contributed by atoms with Gasteiger partial charge in [-0.3, -0.25) is 9.59 Å². The zero-order chi connectivity index (χ0) is 33.9. The summed E-state index contributed by atoms with van der Waals surface area (Å²) in [5, 5.41) is 0. The zero-order valence-electron chi connectivity index (χ0n) is 29.3. The fourth-order valence-electron chi connectivity index (χ4n) is 5.18. The van der Waals surface area contributed by atoms with E-state index in [0.717, 1.165) is 44.8 Å². The van der Waals surface area contributed by atoms with E-state index in [4.69, 9.17) is 0 Å². The molecule has 2 aromatic heterocycles. The van der Waals surface area contributed by atoms with Gasteiger partial charge in [-0.25, -0.2) is 0 Å². The molecule has 51 heavy (non-hydrogen) atoms. The van der Waals surface area contributed by atoms with Gasteiger partial charge in [0.1, 0.15) is 0 Å². The Morgan fingerprint density at radius 3 is 0.980 bits per heavy atom. The van der Waals surface area contributed by atoms with Crippen LogP contribution in [0.3, 0.4) is 0 Å². The number of benzene rings is 4. The lowest BCUT2D eigenvalue weighted by atomic mass is 10.0. The first-order chi connectivity index (χ1) is 23.3. The largest absolute Gasteiger partial charge is 1.00 e. The van der Waals surface area contributed by atoms with Gasteiger partial charge in [-0.05, 0) is 22.3 Å². The second-order valence-electron chi connectivity index (χ2n) is 12.0. The van der Waals surface area contributed by atoms with Crippen molar-refractivity contribution in [1.29, 1.82) is 0 Å². The summed E-state index contributed by atoms with van der Waals surface area (Å²) < 4.78 is 3.81. The van der Waals surface area contributed by atoms with Crippen LogP contribution in [0.25, 0.3) is 22.3 Å². The highest BCUT2D eigenvalue weighted by Gasteiger charge is 2.14. The smallest absolute Gasteiger partial charge is 0.227 e. The van der Waals surface area contributed by atoms with Crippen LogP contribution in [-0.2, 0) is 13.1 Å². The van der Waals surface area contributed by atoms with Gasteiger partial charge < -0.3 is 49.2 Å². The van der Waals surface area contributed by atoms with Gasteiger partial charge in [0.15, 0.2) is 24.8 Å². The molecular weight excluding hydrogens is 768 g/mol. The number of nitrogens with zero attached hydrogens (tertiary/aromatic N) is 4. The summed E-state index contributed by atoms with van der Waals surface area (Å²) in [5.41, 5.74) is 8.26. The number of aromatic nitrogens is 2. The number of hydrogen-bond donors (Lipinski definition) is 0. The number of carbonyl (C=O) groups is 2. The minimum atomic E-state index is 0. The summed E-state index contributed by atoms with van der Waals surface area (Å²) in [6, 6.07) is 44.0. The Morgan fingerprint density at radius 1 is 0.431 bits per heavy atom. The van der Waals surface area contributed by atoms with Gasteiger partial charge in [0.05, 0.1) is 0 Å². The molecule has 7 nitrogen and oxygen atoms in total. The van der Waals surface area contributed by atoms with E-state index in [2.05, 4.69) is 24.3 Å².